The molecule has 1 amide bonds. The molecule has 11 heteroatoms. The summed E-state index contributed by atoms with van der Waals surface area (Å²) in [5, 5.41) is 12.8. The van der Waals surface area contributed by atoms with Gasteiger partial charge < -0.3 is 19.9 Å². The van der Waals surface area contributed by atoms with Crippen molar-refractivity contribution < 1.29 is 9.53 Å². The summed E-state index contributed by atoms with van der Waals surface area (Å²) in [5.74, 6) is 0.494. The second kappa shape index (κ2) is 9.48. The van der Waals surface area contributed by atoms with Crippen LogP contribution in [0.25, 0.3) is 11.0 Å². The average molecular weight is 490 g/mol. The number of hydrogen-bond donors (Lipinski definition) is 1. The molecule has 1 aliphatic heterocycles. The molecular weight excluding hydrogens is 458 g/mol. The molecular formula is C25H31N9O2. The number of carbonyl (C=O) groups excluding carboxylic acids is 1. The molecule has 5 rings (SSSR count). The van der Waals surface area contributed by atoms with Crippen LogP contribution >= 0.6 is 0 Å². The minimum Gasteiger partial charge on any atom is -0.444 e. The first-order valence-corrected chi connectivity index (χ1v) is 12.0. The Morgan fingerprint density at radius 3 is 2.61 bits per heavy atom. The Hall–Kier alpha value is -4.15. The SMILES string of the molecule is Cn1cc(Nc2ncc3cnn(Cc4cccc(N5CCN(C(=O)OC(C)(C)C)CC5)c4)c3n2)cn1. The number of benzene rings is 1. The third-order valence-corrected chi connectivity index (χ3v) is 5.88. The van der Waals surface area contributed by atoms with Crippen LogP contribution in [0.1, 0.15) is 26.3 Å². The number of hydrogen-bond acceptors (Lipinski definition) is 8. The third-order valence-electron chi connectivity index (χ3n) is 5.88. The fraction of sp³-hybridized carbons (Fsp3) is 0.400. The molecule has 0 radical (unpaired) electrons. The average Bonchev–Trinajstić information content (AvgIpc) is 3.44. The molecule has 0 bridgehead atoms. The zero-order valence-electron chi connectivity index (χ0n) is 21.0. The summed E-state index contributed by atoms with van der Waals surface area (Å²) in [7, 11) is 1.86. The van der Waals surface area contributed by atoms with Crippen LogP contribution < -0.4 is 10.2 Å². The van der Waals surface area contributed by atoms with E-state index in [2.05, 4.69) is 54.6 Å². The first-order valence-electron chi connectivity index (χ1n) is 12.0. The molecule has 0 aliphatic carbocycles. The molecule has 3 aromatic heterocycles. The molecule has 11 nitrogen and oxygen atoms in total. The Labute approximate surface area is 209 Å². The number of nitrogens with one attached hydrogen (secondary N) is 1. The predicted octanol–water partition coefficient (Wildman–Crippen LogP) is 3.41. The number of aryl methyl sites for hydroxylation is 1. The number of carbonyl (C=O) groups is 1. The number of ether oxygens (including phenoxy) is 1. The van der Waals surface area contributed by atoms with Gasteiger partial charge in [0.05, 0.1) is 30.0 Å². The van der Waals surface area contributed by atoms with Crippen molar-refractivity contribution in [2.75, 3.05) is 36.4 Å². The van der Waals surface area contributed by atoms with Crippen molar-refractivity contribution in [2.24, 2.45) is 7.05 Å². The first kappa shape index (κ1) is 23.6. The maximum atomic E-state index is 12.4. The molecule has 0 spiro atoms. The highest BCUT2D eigenvalue weighted by Crippen LogP contribution is 2.22. The zero-order chi connectivity index (χ0) is 25.3. The van der Waals surface area contributed by atoms with Gasteiger partial charge in [0, 0.05) is 51.3 Å². The van der Waals surface area contributed by atoms with E-state index in [-0.39, 0.29) is 6.09 Å². The molecule has 1 fully saturated rings. The van der Waals surface area contributed by atoms with Gasteiger partial charge in [0.25, 0.3) is 0 Å². The van der Waals surface area contributed by atoms with Gasteiger partial charge in [0.15, 0.2) is 5.65 Å². The number of aromatic nitrogens is 6. The number of anilines is 3. The van der Waals surface area contributed by atoms with E-state index in [1.807, 2.05) is 38.7 Å². The van der Waals surface area contributed by atoms with Gasteiger partial charge in [0.2, 0.25) is 5.95 Å². The maximum Gasteiger partial charge on any atom is 0.410 e. The van der Waals surface area contributed by atoms with Gasteiger partial charge in [0.1, 0.15) is 5.60 Å². The monoisotopic (exact) mass is 489 g/mol. The van der Waals surface area contributed by atoms with Gasteiger partial charge in [-0.2, -0.15) is 15.2 Å². The highest BCUT2D eigenvalue weighted by Gasteiger charge is 2.26. The van der Waals surface area contributed by atoms with Gasteiger partial charge in [-0.15, -0.1) is 0 Å². The molecule has 1 aliphatic rings. The number of amides is 1. The summed E-state index contributed by atoms with van der Waals surface area (Å²) in [6.07, 6.45) is 6.89. The Balaban J connectivity index is 1.26. The fourth-order valence-electron chi connectivity index (χ4n) is 4.16. The second-order valence-corrected chi connectivity index (χ2v) is 9.93. The van der Waals surface area contributed by atoms with Crippen LogP contribution in [0.5, 0.6) is 0 Å². The Bertz CT molecular complexity index is 1360. The summed E-state index contributed by atoms with van der Waals surface area (Å²) >= 11 is 0. The van der Waals surface area contributed by atoms with Crippen molar-refractivity contribution >= 4 is 34.4 Å². The van der Waals surface area contributed by atoms with Crippen LogP contribution in [0.15, 0.2) is 49.1 Å². The summed E-state index contributed by atoms with van der Waals surface area (Å²) in [6, 6.07) is 8.42. The lowest BCUT2D eigenvalue weighted by Crippen LogP contribution is -2.50. The van der Waals surface area contributed by atoms with Gasteiger partial charge in [-0.1, -0.05) is 12.1 Å². The van der Waals surface area contributed by atoms with Crippen LogP contribution in [0.4, 0.5) is 22.1 Å². The Morgan fingerprint density at radius 1 is 1.08 bits per heavy atom. The molecule has 4 heterocycles. The van der Waals surface area contributed by atoms with Crippen LogP contribution in [-0.2, 0) is 18.3 Å². The lowest BCUT2D eigenvalue weighted by molar-refractivity contribution is 0.0240. The summed E-state index contributed by atoms with van der Waals surface area (Å²) < 4.78 is 9.11. The Morgan fingerprint density at radius 2 is 1.89 bits per heavy atom. The van der Waals surface area contributed by atoms with E-state index in [0.717, 1.165) is 41.1 Å². The van der Waals surface area contributed by atoms with Gasteiger partial charge in [-0.3, -0.25) is 4.68 Å². The van der Waals surface area contributed by atoms with Crippen molar-refractivity contribution in [2.45, 2.75) is 32.9 Å². The minimum atomic E-state index is -0.486. The molecule has 0 saturated carbocycles. The van der Waals surface area contributed by atoms with Crippen LogP contribution in [-0.4, -0.2) is 72.3 Å². The van der Waals surface area contributed by atoms with Crippen LogP contribution in [0.3, 0.4) is 0 Å². The van der Waals surface area contributed by atoms with Gasteiger partial charge in [-0.25, -0.2) is 14.5 Å². The topological polar surface area (TPSA) is 106 Å². The number of nitrogens with zero attached hydrogens (tertiary/aromatic N) is 8. The van der Waals surface area contributed by atoms with Gasteiger partial charge in [-0.05, 0) is 38.5 Å². The van der Waals surface area contributed by atoms with Crippen molar-refractivity contribution in [3.8, 4) is 0 Å². The number of piperazine rings is 1. The number of fused-ring (bicyclic) bond motifs is 1. The quantitative estimate of drug-likeness (QED) is 0.455. The highest BCUT2D eigenvalue weighted by atomic mass is 16.6. The van der Waals surface area contributed by atoms with Gasteiger partial charge >= 0.3 is 6.09 Å². The van der Waals surface area contributed by atoms with Crippen molar-refractivity contribution in [3.63, 3.8) is 0 Å². The number of rotatable bonds is 5. The third kappa shape index (κ3) is 5.40. The fourth-order valence-corrected chi connectivity index (χ4v) is 4.16. The highest BCUT2D eigenvalue weighted by molar-refractivity contribution is 5.75. The summed E-state index contributed by atoms with van der Waals surface area (Å²) in [4.78, 5) is 25.5. The molecule has 4 aromatic rings. The standard InChI is InChI=1S/C25H31N9O2/c1-25(2,3)36-24(35)33-10-8-32(9-11-33)21-7-5-6-18(12-21)16-34-22-19(14-28-34)13-26-23(30-22)29-20-15-27-31(4)17-20/h5-7,12-15,17H,8-11,16H2,1-4H3,(H,26,29,30). The van der Waals surface area contributed by atoms with E-state index in [0.29, 0.717) is 25.6 Å². The largest absolute Gasteiger partial charge is 0.444 e. The summed E-state index contributed by atoms with van der Waals surface area (Å²) in [5.41, 5.74) is 3.34. The molecule has 0 unspecified atom stereocenters. The molecule has 1 aromatic carbocycles. The smallest absolute Gasteiger partial charge is 0.410 e. The van der Waals surface area contributed by atoms with Crippen molar-refractivity contribution in [1.82, 2.24) is 34.4 Å². The molecule has 1 N–H and O–H groups in total. The first-order chi connectivity index (χ1) is 17.2. The van der Waals surface area contributed by atoms with E-state index in [4.69, 9.17) is 4.74 Å². The zero-order valence-corrected chi connectivity index (χ0v) is 21.0. The predicted molar refractivity (Wildman–Crippen MR) is 137 cm³/mol. The van der Waals surface area contributed by atoms with Crippen LogP contribution in [0.2, 0.25) is 0 Å². The van der Waals surface area contributed by atoms with E-state index >= 15 is 0 Å². The minimum absolute atomic E-state index is 0.249. The normalized spacial score (nSPS) is 14.3. The van der Waals surface area contributed by atoms with E-state index in [1.165, 1.54) is 0 Å². The van der Waals surface area contributed by atoms with E-state index in [1.54, 1.807) is 28.2 Å². The van der Waals surface area contributed by atoms with Crippen molar-refractivity contribution in [1.29, 1.82) is 0 Å². The lowest BCUT2D eigenvalue weighted by Gasteiger charge is -2.36. The molecule has 1 saturated heterocycles. The van der Waals surface area contributed by atoms with E-state index < -0.39 is 5.60 Å². The molecule has 0 atom stereocenters. The molecule has 36 heavy (non-hydrogen) atoms. The Kier molecular flexibility index (Phi) is 6.21. The van der Waals surface area contributed by atoms with Crippen LogP contribution in [0, 0.1) is 0 Å². The maximum absolute atomic E-state index is 12.4. The van der Waals surface area contributed by atoms with Crippen molar-refractivity contribution in [3.05, 3.63) is 54.6 Å². The summed E-state index contributed by atoms with van der Waals surface area (Å²) in [6.45, 7) is 9.02. The van der Waals surface area contributed by atoms with E-state index in [9.17, 15) is 4.79 Å². The second-order valence-electron chi connectivity index (χ2n) is 9.93. The lowest BCUT2D eigenvalue weighted by atomic mass is 10.1. The molecule has 188 valence electrons.